The maximum Gasteiger partial charge on any atom is 0.255 e. The lowest BCUT2D eigenvalue weighted by Crippen LogP contribution is -2.48. The van der Waals surface area contributed by atoms with Gasteiger partial charge >= 0.3 is 0 Å². The first-order valence-electron chi connectivity index (χ1n) is 8.99. The first kappa shape index (κ1) is 16.2. The molecule has 1 saturated heterocycles. The minimum atomic E-state index is 0.112. The van der Waals surface area contributed by atoms with Gasteiger partial charge in [0, 0.05) is 44.6 Å². The van der Waals surface area contributed by atoms with Crippen molar-refractivity contribution in [1.82, 2.24) is 14.8 Å². The minimum Gasteiger partial charge on any atom is -0.381 e. The van der Waals surface area contributed by atoms with Crippen molar-refractivity contribution >= 4 is 11.6 Å². The van der Waals surface area contributed by atoms with E-state index in [0.29, 0.717) is 11.6 Å². The first-order chi connectivity index (χ1) is 11.3. The molecule has 23 heavy (non-hydrogen) atoms. The molecule has 1 aromatic rings. The van der Waals surface area contributed by atoms with Gasteiger partial charge in [0.25, 0.3) is 5.91 Å². The number of hydrogen-bond acceptors (Lipinski definition) is 4. The summed E-state index contributed by atoms with van der Waals surface area (Å²) in [6, 6.07) is 2.50. The average molecular weight is 316 g/mol. The highest BCUT2D eigenvalue weighted by Crippen LogP contribution is 2.22. The van der Waals surface area contributed by atoms with Gasteiger partial charge in [0.1, 0.15) is 0 Å². The van der Waals surface area contributed by atoms with Crippen LogP contribution in [0.15, 0.2) is 18.5 Å². The molecule has 1 aromatic heterocycles. The van der Waals surface area contributed by atoms with E-state index in [9.17, 15) is 4.79 Å². The van der Waals surface area contributed by atoms with Crippen molar-refractivity contribution < 1.29 is 4.79 Å². The van der Waals surface area contributed by atoms with Gasteiger partial charge in [-0.15, -0.1) is 0 Å². The topological polar surface area (TPSA) is 48.5 Å². The van der Waals surface area contributed by atoms with Crippen LogP contribution in [0, 0.1) is 0 Å². The van der Waals surface area contributed by atoms with E-state index < -0.39 is 0 Å². The Morgan fingerprint density at radius 1 is 1.17 bits per heavy atom. The Morgan fingerprint density at radius 2 is 1.91 bits per heavy atom. The van der Waals surface area contributed by atoms with Gasteiger partial charge in [0.2, 0.25) is 0 Å². The summed E-state index contributed by atoms with van der Waals surface area (Å²) in [5, 5.41) is 3.55. The molecular formula is C18H28N4O. The van der Waals surface area contributed by atoms with Crippen LogP contribution in [-0.2, 0) is 0 Å². The molecule has 3 rings (SSSR count). The van der Waals surface area contributed by atoms with Gasteiger partial charge in [-0.3, -0.25) is 9.78 Å². The Labute approximate surface area is 139 Å². The second kappa shape index (κ2) is 7.77. The van der Waals surface area contributed by atoms with E-state index in [1.54, 1.807) is 6.20 Å². The number of amides is 1. The minimum absolute atomic E-state index is 0.112. The molecule has 1 aliphatic heterocycles. The van der Waals surface area contributed by atoms with Crippen LogP contribution >= 0.6 is 0 Å². The third-order valence-electron chi connectivity index (χ3n) is 5.07. The van der Waals surface area contributed by atoms with E-state index in [0.717, 1.165) is 38.4 Å². The zero-order valence-electron chi connectivity index (χ0n) is 14.1. The molecule has 0 spiro atoms. The first-order valence-corrected chi connectivity index (χ1v) is 8.99. The van der Waals surface area contributed by atoms with Crippen LogP contribution in [0.3, 0.4) is 0 Å². The number of aromatic nitrogens is 1. The monoisotopic (exact) mass is 316 g/mol. The van der Waals surface area contributed by atoms with Crippen molar-refractivity contribution in [1.29, 1.82) is 0 Å². The van der Waals surface area contributed by atoms with Gasteiger partial charge in [-0.05, 0) is 25.5 Å². The Hall–Kier alpha value is -1.62. The van der Waals surface area contributed by atoms with Crippen molar-refractivity contribution in [2.45, 2.75) is 45.1 Å². The standard InChI is InChI=1S/C18H28N4O/c1-2-21-8-10-22(11-9-21)18(23)15-12-17(14-19-13-15)20-16-6-4-3-5-7-16/h12-14,16,20H,2-11H2,1H3. The van der Waals surface area contributed by atoms with E-state index in [4.69, 9.17) is 0 Å². The predicted molar refractivity (Wildman–Crippen MR) is 92.8 cm³/mol. The number of anilines is 1. The lowest BCUT2D eigenvalue weighted by molar-refractivity contribution is 0.0643. The fourth-order valence-electron chi connectivity index (χ4n) is 3.57. The van der Waals surface area contributed by atoms with Gasteiger partial charge in [-0.2, -0.15) is 0 Å². The molecule has 2 fully saturated rings. The molecule has 2 heterocycles. The van der Waals surface area contributed by atoms with Crippen LogP contribution in [0.1, 0.15) is 49.4 Å². The maximum atomic E-state index is 12.7. The van der Waals surface area contributed by atoms with Crippen LogP contribution in [0.5, 0.6) is 0 Å². The van der Waals surface area contributed by atoms with E-state index in [1.165, 1.54) is 32.1 Å². The number of likely N-dealkylation sites (N-methyl/N-ethyl adjacent to an activating group) is 1. The van der Waals surface area contributed by atoms with Gasteiger partial charge in [0.05, 0.1) is 11.3 Å². The van der Waals surface area contributed by atoms with E-state index in [1.807, 2.05) is 17.2 Å². The van der Waals surface area contributed by atoms with Gasteiger partial charge in [-0.1, -0.05) is 26.2 Å². The molecule has 1 amide bonds. The third-order valence-corrected chi connectivity index (χ3v) is 5.07. The van der Waals surface area contributed by atoms with Gasteiger partial charge in [-0.25, -0.2) is 0 Å². The Morgan fingerprint density at radius 3 is 2.61 bits per heavy atom. The number of piperazine rings is 1. The summed E-state index contributed by atoms with van der Waals surface area (Å²) in [5.74, 6) is 0.112. The van der Waals surface area contributed by atoms with Crippen LogP contribution in [0.4, 0.5) is 5.69 Å². The second-order valence-electron chi connectivity index (χ2n) is 6.67. The molecule has 1 N–H and O–H groups in total. The Bertz CT molecular complexity index is 520. The number of carbonyl (C=O) groups excluding carboxylic acids is 1. The molecule has 126 valence electrons. The lowest BCUT2D eigenvalue weighted by atomic mass is 9.95. The zero-order valence-corrected chi connectivity index (χ0v) is 14.1. The number of hydrogen-bond donors (Lipinski definition) is 1. The van der Waals surface area contributed by atoms with Crippen molar-refractivity contribution in [2.24, 2.45) is 0 Å². The largest absolute Gasteiger partial charge is 0.381 e. The molecule has 5 nitrogen and oxygen atoms in total. The molecule has 0 aromatic carbocycles. The number of nitrogens with zero attached hydrogens (tertiary/aromatic N) is 3. The number of rotatable bonds is 4. The van der Waals surface area contributed by atoms with Crippen molar-refractivity contribution in [3.8, 4) is 0 Å². The zero-order chi connectivity index (χ0) is 16.1. The highest BCUT2D eigenvalue weighted by Gasteiger charge is 2.22. The van der Waals surface area contributed by atoms with Crippen LogP contribution in [0.25, 0.3) is 0 Å². The normalized spacial score (nSPS) is 20.5. The second-order valence-corrected chi connectivity index (χ2v) is 6.67. The molecule has 1 aliphatic carbocycles. The summed E-state index contributed by atoms with van der Waals surface area (Å²) in [4.78, 5) is 21.3. The lowest BCUT2D eigenvalue weighted by Gasteiger charge is -2.34. The summed E-state index contributed by atoms with van der Waals surface area (Å²) in [5.41, 5.74) is 1.69. The fraction of sp³-hybridized carbons (Fsp3) is 0.667. The summed E-state index contributed by atoms with van der Waals surface area (Å²) < 4.78 is 0. The number of carbonyl (C=O) groups is 1. The Kier molecular flexibility index (Phi) is 5.49. The SMILES string of the molecule is CCN1CCN(C(=O)c2cncc(NC3CCCCC3)c2)CC1. The summed E-state index contributed by atoms with van der Waals surface area (Å²) in [6.45, 7) is 6.79. The van der Waals surface area contributed by atoms with E-state index in [2.05, 4.69) is 22.1 Å². The fourth-order valence-corrected chi connectivity index (χ4v) is 3.57. The number of pyridine rings is 1. The molecule has 5 heteroatoms. The summed E-state index contributed by atoms with van der Waals surface area (Å²) in [7, 11) is 0. The smallest absolute Gasteiger partial charge is 0.255 e. The average Bonchev–Trinajstić information content (AvgIpc) is 2.62. The van der Waals surface area contributed by atoms with Gasteiger partial charge in [0.15, 0.2) is 0 Å². The molecule has 0 radical (unpaired) electrons. The van der Waals surface area contributed by atoms with Crippen LogP contribution < -0.4 is 5.32 Å². The quantitative estimate of drug-likeness (QED) is 0.927. The summed E-state index contributed by atoms with van der Waals surface area (Å²) >= 11 is 0. The molecule has 1 saturated carbocycles. The highest BCUT2D eigenvalue weighted by atomic mass is 16.2. The maximum absolute atomic E-state index is 12.7. The molecule has 0 unspecified atom stereocenters. The third kappa shape index (κ3) is 4.22. The van der Waals surface area contributed by atoms with Crippen molar-refractivity contribution in [3.63, 3.8) is 0 Å². The van der Waals surface area contributed by atoms with Crippen molar-refractivity contribution in [3.05, 3.63) is 24.0 Å². The molecule has 2 aliphatic rings. The predicted octanol–water partition coefficient (Wildman–Crippen LogP) is 2.60. The highest BCUT2D eigenvalue weighted by molar-refractivity contribution is 5.94. The van der Waals surface area contributed by atoms with E-state index in [-0.39, 0.29) is 5.91 Å². The van der Waals surface area contributed by atoms with E-state index >= 15 is 0 Å². The number of nitrogens with one attached hydrogen (secondary N) is 1. The molecule has 0 bridgehead atoms. The van der Waals surface area contributed by atoms with Gasteiger partial charge < -0.3 is 15.1 Å². The molecule has 0 atom stereocenters. The van der Waals surface area contributed by atoms with Crippen LogP contribution in [0.2, 0.25) is 0 Å². The summed E-state index contributed by atoms with van der Waals surface area (Å²) in [6.07, 6.45) is 9.91. The van der Waals surface area contributed by atoms with Crippen molar-refractivity contribution in [2.75, 3.05) is 38.0 Å². The van der Waals surface area contributed by atoms with Crippen LogP contribution in [-0.4, -0.2) is 59.5 Å². The molecular weight excluding hydrogens is 288 g/mol. The Balaban J connectivity index is 1.61.